The molecule has 0 fully saturated rings. The highest BCUT2D eigenvalue weighted by Crippen LogP contribution is 2.25. The van der Waals surface area contributed by atoms with E-state index in [0.29, 0.717) is 23.7 Å². The molecule has 0 aromatic heterocycles. The summed E-state index contributed by atoms with van der Waals surface area (Å²) in [5.74, 6) is 0.327. The SMILES string of the molecule is C/C(=N\c1ccccc1C)N1N=C(c2ccccc2)/C(=C\NCc2cccc(C(C)(C)C)c2)C1=O. The number of carbonyl (C=O) groups is 1. The highest BCUT2D eigenvalue weighted by atomic mass is 16.2. The quantitative estimate of drug-likeness (QED) is 0.275. The van der Waals surface area contributed by atoms with E-state index in [1.165, 1.54) is 10.6 Å². The van der Waals surface area contributed by atoms with Gasteiger partial charge in [-0.3, -0.25) is 4.79 Å². The largest absolute Gasteiger partial charge is 0.386 e. The lowest BCUT2D eigenvalue weighted by Crippen LogP contribution is -2.27. The summed E-state index contributed by atoms with van der Waals surface area (Å²) in [6, 6.07) is 26.1. The number of para-hydroxylation sites is 1. The molecule has 0 unspecified atom stereocenters. The van der Waals surface area contributed by atoms with Gasteiger partial charge in [0.05, 0.1) is 11.3 Å². The first-order chi connectivity index (χ1) is 16.7. The molecular formula is C30H32N4O. The molecule has 5 nitrogen and oxygen atoms in total. The Morgan fingerprint density at radius 3 is 2.43 bits per heavy atom. The van der Waals surface area contributed by atoms with Crippen LogP contribution in [0.4, 0.5) is 5.69 Å². The number of nitrogens with zero attached hydrogens (tertiary/aromatic N) is 3. The Kier molecular flexibility index (Phi) is 6.97. The lowest BCUT2D eigenvalue weighted by atomic mass is 9.86. The highest BCUT2D eigenvalue weighted by molar-refractivity contribution is 6.33. The van der Waals surface area contributed by atoms with Crippen molar-refractivity contribution in [1.82, 2.24) is 10.3 Å². The third-order valence-electron chi connectivity index (χ3n) is 5.97. The highest BCUT2D eigenvalue weighted by Gasteiger charge is 2.32. The van der Waals surface area contributed by atoms with Crippen molar-refractivity contribution < 1.29 is 4.79 Å². The molecule has 35 heavy (non-hydrogen) atoms. The first-order valence-electron chi connectivity index (χ1n) is 11.9. The predicted molar refractivity (Wildman–Crippen MR) is 144 cm³/mol. The molecule has 5 heteroatoms. The lowest BCUT2D eigenvalue weighted by Gasteiger charge is -2.19. The van der Waals surface area contributed by atoms with E-state index in [0.717, 1.165) is 22.4 Å². The number of rotatable bonds is 5. The van der Waals surface area contributed by atoms with Gasteiger partial charge in [0.25, 0.3) is 5.91 Å². The van der Waals surface area contributed by atoms with Crippen LogP contribution >= 0.6 is 0 Å². The van der Waals surface area contributed by atoms with Gasteiger partial charge in [0.1, 0.15) is 11.5 Å². The van der Waals surface area contributed by atoms with E-state index in [1.807, 2.05) is 68.4 Å². The van der Waals surface area contributed by atoms with E-state index < -0.39 is 0 Å². The summed E-state index contributed by atoms with van der Waals surface area (Å²) in [4.78, 5) is 18.1. The first-order valence-corrected chi connectivity index (χ1v) is 11.9. The Hall–Kier alpha value is -3.99. The predicted octanol–water partition coefficient (Wildman–Crippen LogP) is 6.26. The van der Waals surface area contributed by atoms with Gasteiger partial charge in [0.2, 0.25) is 0 Å². The first kappa shape index (κ1) is 24.1. The molecule has 0 aliphatic carbocycles. The number of aliphatic imine (C=N–C) groups is 1. The van der Waals surface area contributed by atoms with Gasteiger partial charge in [-0.15, -0.1) is 0 Å². The van der Waals surface area contributed by atoms with Crippen LogP contribution in [0.5, 0.6) is 0 Å². The molecule has 3 aromatic carbocycles. The fraction of sp³-hybridized carbons (Fsp3) is 0.233. The lowest BCUT2D eigenvalue weighted by molar-refractivity contribution is -0.122. The fourth-order valence-corrected chi connectivity index (χ4v) is 3.90. The standard InChI is InChI=1S/C30H32N4O/c1-21-12-9-10-17-27(21)32-22(2)34-29(35)26(28(33-34)24-14-7-6-8-15-24)20-31-19-23-13-11-16-25(18-23)30(3,4)5/h6-18,20,31H,19H2,1-5H3/b26-20+,32-22+. The van der Waals surface area contributed by atoms with Crippen molar-refractivity contribution in [2.45, 2.75) is 46.6 Å². The summed E-state index contributed by atoms with van der Waals surface area (Å²) in [5, 5.41) is 9.41. The van der Waals surface area contributed by atoms with Crippen molar-refractivity contribution in [3.05, 3.63) is 113 Å². The number of amides is 1. The van der Waals surface area contributed by atoms with E-state index in [2.05, 4.69) is 60.4 Å². The monoisotopic (exact) mass is 464 g/mol. The molecule has 0 saturated heterocycles. The van der Waals surface area contributed by atoms with Crippen molar-refractivity contribution in [3.63, 3.8) is 0 Å². The average Bonchev–Trinajstić information content (AvgIpc) is 3.17. The Morgan fingerprint density at radius 2 is 1.71 bits per heavy atom. The molecule has 178 valence electrons. The number of carbonyl (C=O) groups excluding carboxylic acids is 1. The van der Waals surface area contributed by atoms with Crippen molar-refractivity contribution in [3.8, 4) is 0 Å². The van der Waals surface area contributed by atoms with Crippen molar-refractivity contribution >= 4 is 23.1 Å². The number of benzene rings is 3. The summed E-state index contributed by atoms with van der Waals surface area (Å²) in [6.45, 7) is 11.0. The fourth-order valence-electron chi connectivity index (χ4n) is 3.90. The van der Waals surface area contributed by atoms with Crippen LogP contribution in [0, 0.1) is 6.92 Å². The number of hydrazone groups is 1. The van der Waals surface area contributed by atoms with Crippen molar-refractivity contribution in [2.75, 3.05) is 0 Å². The summed E-state index contributed by atoms with van der Waals surface area (Å²) < 4.78 is 0. The van der Waals surface area contributed by atoms with Crippen LogP contribution < -0.4 is 5.32 Å². The maximum Gasteiger partial charge on any atom is 0.283 e. The zero-order chi connectivity index (χ0) is 25.0. The molecule has 4 rings (SSSR count). The molecule has 1 aliphatic heterocycles. The smallest absolute Gasteiger partial charge is 0.283 e. The number of aryl methyl sites for hydroxylation is 1. The maximum absolute atomic E-state index is 13.5. The Labute approximate surface area is 207 Å². The van der Waals surface area contributed by atoms with E-state index in [1.54, 1.807) is 6.20 Å². The van der Waals surface area contributed by atoms with Crippen LogP contribution in [-0.2, 0) is 16.8 Å². The van der Waals surface area contributed by atoms with Crippen molar-refractivity contribution in [2.24, 2.45) is 10.1 Å². The number of amidine groups is 1. The molecule has 0 bridgehead atoms. The molecule has 1 amide bonds. The normalized spacial score (nSPS) is 15.5. The summed E-state index contributed by atoms with van der Waals surface area (Å²) in [7, 11) is 0. The van der Waals surface area contributed by atoms with Crippen LogP contribution in [-0.4, -0.2) is 22.5 Å². The van der Waals surface area contributed by atoms with Gasteiger partial charge in [0, 0.05) is 18.3 Å². The number of hydrogen-bond acceptors (Lipinski definition) is 4. The molecule has 3 aromatic rings. The van der Waals surface area contributed by atoms with E-state index in [-0.39, 0.29) is 11.3 Å². The van der Waals surface area contributed by atoms with Crippen LogP contribution in [0.1, 0.15) is 49.9 Å². The molecule has 0 saturated carbocycles. The van der Waals surface area contributed by atoms with Crippen LogP contribution in [0.25, 0.3) is 0 Å². The van der Waals surface area contributed by atoms with E-state index in [9.17, 15) is 4.79 Å². The zero-order valence-corrected chi connectivity index (χ0v) is 21.0. The second-order valence-corrected chi connectivity index (χ2v) is 9.77. The molecule has 1 N–H and O–H groups in total. The van der Waals surface area contributed by atoms with Crippen LogP contribution in [0.3, 0.4) is 0 Å². The third kappa shape index (κ3) is 5.57. The molecule has 0 radical (unpaired) electrons. The van der Waals surface area contributed by atoms with Gasteiger partial charge in [0.15, 0.2) is 0 Å². The number of nitrogens with one attached hydrogen (secondary N) is 1. The molecule has 0 atom stereocenters. The van der Waals surface area contributed by atoms with Gasteiger partial charge >= 0.3 is 0 Å². The number of hydrogen-bond donors (Lipinski definition) is 1. The Bertz CT molecular complexity index is 1310. The van der Waals surface area contributed by atoms with Crippen LogP contribution in [0.2, 0.25) is 0 Å². The molecule has 1 aliphatic rings. The van der Waals surface area contributed by atoms with Gasteiger partial charge in [-0.05, 0) is 42.0 Å². The summed E-state index contributed by atoms with van der Waals surface area (Å²) in [6.07, 6.45) is 1.78. The molecular weight excluding hydrogens is 432 g/mol. The minimum atomic E-state index is -0.199. The van der Waals surface area contributed by atoms with Gasteiger partial charge < -0.3 is 5.32 Å². The second kappa shape index (κ2) is 10.1. The molecule has 0 spiro atoms. The Balaban J connectivity index is 1.62. The van der Waals surface area contributed by atoms with Gasteiger partial charge in [-0.2, -0.15) is 10.1 Å². The minimum Gasteiger partial charge on any atom is -0.386 e. The topological polar surface area (TPSA) is 57.1 Å². The summed E-state index contributed by atoms with van der Waals surface area (Å²) >= 11 is 0. The van der Waals surface area contributed by atoms with Crippen molar-refractivity contribution in [1.29, 1.82) is 0 Å². The summed E-state index contributed by atoms with van der Waals surface area (Å²) in [5.41, 5.74) is 6.42. The van der Waals surface area contributed by atoms with E-state index >= 15 is 0 Å². The van der Waals surface area contributed by atoms with Crippen LogP contribution in [0.15, 0.2) is 101 Å². The molecule has 1 heterocycles. The maximum atomic E-state index is 13.5. The third-order valence-corrected chi connectivity index (χ3v) is 5.97. The van der Waals surface area contributed by atoms with Gasteiger partial charge in [-0.25, -0.2) is 4.99 Å². The van der Waals surface area contributed by atoms with Gasteiger partial charge in [-0.1, -0.05) is 93.6 Å². The Morgan fingerprint density at radius 1 is 1.00 bits per heavy atom. The zero-order valence-electron chi connectivity index (χ0n) is 21.0. The average molecular weight is 465 g/mol. The minimum absolute atomic E-state index is 0.0809. The second-order valence-electron chi connectivity index (χ2n) is 9.77. The van der Waals surface area contributed by atoms with E-state index in [4.69, 9.17) is 0 Å².